The zero-order valence-electron chi connectivity index (χ0n) is 8.04. The predicted molar refractivity (Wildman–Crippen MR) is 47.3 cm³/mol. The molecule has 0 heterocycles. The normalized spacial score (nSPS) is 11.1. The Balaban J connectivity index is 4.02. The molecule has 0 rings (SSSR count). The summed E-state index contributed by atoms with van der Waals surface area (Å²) in [5, 5.41) is 20.3. The molecule has 0 atom stereocenters. The van der Waals surface area contributed by atoms with E-state index in [2.05, 4.69) is 5.32 Å². The fourth-order valence-corrected chi connectivity index (χ4v) is 0.758. The molecule has 5 heteroatoms. The Hall–Kier alpha value is -0.810. The van der Waals surface area contributed by atoms with Crippen molar-refractivity contribution in [2.45, 2.75) is 13.3 Å². The van der Waals surface area contributed by atoms with Crippen LogP contribution in [0, 0.1) is 5.41 Å². The van der Waals surface area contributed by atoms with Crippen LogP contribution in [0.25, 0.3) is 0 Å². The lowest BCUT2D eigenvalue weighted by molar-refractivity contribution is -0.00475. The molecule has 5 nitrogen and oxygen atoms in total. The third kappa shape index (κ3) is 3.61. The molecule has 78 valence electrons. The molecule has 0 aromatic carbocycles. The Morgan fingerprint density at radius 1 is 1.46 bits per heavy atom. The van der Waals surface area contributed by atoms with Gasteiger partial charge < -0.3 is 20.3 Å². The SMILES string of the molecule is CCC(CO)(CO)COC(=O)NC. The summed E-state index contributed by atoms with van der Waals surface area (Å²) in [4.78, 5) is 10.7. The van der Waals surface area contributed by atoms with E-state index in [0.717, 1.165) is 0 Å². The molecule has 3 N–H and O–H groups in total. The molecule has 0 saturated carbocycles. The van der Waals surface area contributed by atoms with Gasteiger partial charge in [-0.3, -0.25) is 0 Å². The quantitative estimate of drug-likeness (QED) is 0.558. The lowest BCUT2D eigenvalue weighted by Crippen LogP contribution is -2.36. The number of carbonyl (C=O) groups excluding carboxylic acids is 1. The molecule has 0 fully saturated rings. The number of ether oxygens (including phenoxy) is 1. The third-order valence-corrected chi connectivity index (χ3v) is 2.13. The number of carbonyl (C=O) groups is 1. The molecule has 0 spiro atoms. The predicted octanol–water partition coefficient (Wildman–Crippen LogP) is -0.277. The van der Waals surface area contributed by atoms with Crippen LogP contribution in [-0.4, -0.2) is 43.2 Å². The van der Waals surface area contributed by atoms with E-state index in [0.29, 0.717) is 6.42 Å². The highest BCUT2D eigenvalue weighted by molar-refractivity contribution is 5.66. The van der Waals surface area contributed by atoms with Gasteiger partial charge in [-0.2, -0.15) is 0 Å². The summed E-state index contributed by atoms with van der Waals surface area (Å²) in [7, 11) is 1.45. The Morgan fingerprint density at radius 2 is 2.00 bits per heavy atom. The molecule has 13 heavy (non-hydrogen) atoms. The van der Waals surface area contributed by atoms with Crippen LogP contribution in [0.15, 0.2) is 0 Å². The van der Waals surface area contributed by atoms with Crippen molar-refractivity contribution in [1.29, 1.82) is 0 Å². The minimum absolute atomic E-state index is 0.0240. The maximum atomic E-state index is 10.7. The Bertz CT molecular complexity index is 148. The third-order valence-electron chi connectivity index (χ3n) is 2.13. The molecule has 0 radical (unpaired) electrons. The standard InChI is InChI=1S/C8H17NO4/c1-3-8(4-10,5-11)6-13-7(12)9-2/h10-11H,3-6H2,1-2H3,(H,9,12). The first-order chi connectivity index (χ1) is 6.14. The molecule has 0 aliphatic rings. The molecule has 0 unspecified atom stereocenters. The average Bonchev–Trinajstić information content (AvgIpc) is 2.20. The summed E-state index contributed by atoms with van der Waals surface area (Å²) < 4.78 is 4.76. The van der Waals surface area contributed by atoms with Gasteiger partial charge in [-0.25, -0.2) is 4.79 Å². The second kappa shape index (κ2) is 5.77. The molecule has 0 saturated heterocycles. The fraction of sp³-hybridized carbons (Fsp3) is 0.875. The molecule has 0 aliphatic carbocycles. The Labute approximate surface area is 77.7 Å². The van der Waals surface area contributed by atoms with Crippen molar-refractivity contribution >= 4 is 6.09 Å². The van der Waals surface area contributed by atoms with Gasteiger partial charge in [0.05, 0.1) is 18.6 Å². The van der Waals surface area contributed by atoms with Crippen molar-refractivity contribution in [1.82, 2.24) is 5.32 Å². The van der Waals surface area contributed by atoms with E-state index in [1.807, 2.05) is 6.92 Å². The van der Waals surface area contributed by atoms with Crippen LogP contribution in [0.5, 0.6) is 0 Å². The van der Waals surface area contributed by atoms with Gasteiger partial charge in [0.25, 0.3) is 0 Å². The van der Waals surface area contributed by atoms with E-state index in [4.69, 9.17) is 14.9 Å². The first kappa shape index (κ1) is 12.2. The summed E-state index contributed by atoms with van der Waals surface area (Å²) in [5.41, 5.74) is -0.716. The Kier molecular flexibility index (Phi) is 5.41. The number of hydrogen-bond donors (Lipinski definition) is 3. The van der Waals surface area contributed by atoms with Crippen LogP contribution in [0.2, 0.25) is 0 Å². The zero-order chi connectivity index (χ0) is 10.3. The molecule has 0 aliphatic heterocycles. The van der Waals surface area contributed by atoms with Gasteiger partial charge in [0.1, 0.15) is 6.61 Å². The lowest BCUT2D eigenvalue weighted by Gasteiger charge is -2.27. The van der Waals surface area contributed by atoms with Crippen molar-refractivity contribution in [3.8, 4) is 0 Å². The van der Waals surface area contributed by atoms with Crippen molar-refractivity contribution in [3.63, 3.8) is 0 Å². The highest BCUT2D eigenvalue weighted by Gasteiger charge is 2.28. The zero-order valence-corrected chi connectivity index (χ0v) is 8.04. The summed E-state index contributed by atoms with van der Waals surface area (Å²) in [6, 6.07) is 0. The van der Waals surface area contributed by atoms with Crippen LogP contribution >= 0.6 is 0 Å². The minimum atomic E-state index is -0.716. The van der Waals surface area contributed by atoms with Crippen LogP contribution < -0.4 is 5.32 Å². The summed E-state index contributed by atoms with van der Waals surface area (Å²) >= 11 is 0. The van der Waals surface area contributed by atoms with E-state index in [-0.39, 0.29) is 19.8 Å². The van der Waals surface area contributed by atoms with Crippen molar-refractivity contribution in [3.05, 3.63) is 0 Å². The molecular weight excluding hydrogens is 174 g/mol. The smallest absolute Gasteiger partial charge is 0.406 e. The first-order valence-corrected chi connectivity index (χ1v) is 4.20. The van der Waals surface area contributed by atoms with Crippen molar-refractivity contribution in [2.75, 3.05) is 26.9 Å². The average molecular weight is 191 g/mol. The summed E-state index contributed by atoms with van der Waals surface area (Å²) in [5.74, 6) is 0. The molecular formula is C8H17NO4. The van der Waals surface area contributed by atoms with E-state index in [1.54, 1.807) is 0 Å². The number of aliphatic hydroxyl groups is 2. The van der Waals surface area contributed by atoms with Gasteiger partial charge in [0.15, 0.2) is 0 Å². The number of amides is 1. The minimum Gasteiger partial charge on any atom is -0.449 e. The highest BCUT2D eigenvalue weighted by Crippen LogP contribution is 2.20. The van der Waals surface area contributed by atoms with Gasteiger partial charge >= 0.3 is 6.09 Å². The van der Waals surface area contributed by atoms with Crippen LogP contribution in [0.3, 0.4) is 0 Å². The number of aliphatic hydroxyl groups excluding tert-OH is 2. The van der Waals surface area contributed by atoms with Gasteiger partial charge in [0, 0.05) is 7.05 Å². The lowest BCUT2D eigenvalue weighted by atomic mass is 9.88. The van der Waals surface area contributed by atoms with Gasteiger partial charge in [0.2, 0.25) is 0 Å². The number of hydrogen-bond acceptors (Lipinski definition) is 4. The first-order valence-electron chi connectivity index (χ1n) is 4.20. The molecule has 0 aromatic heterocycles. The van der Waals surface area contributed by atoms with E-state index in [1.165, 1.54) is 7.05 Å². The van der Waals surface area contributed by atoms with Gasteiger partial charge in [-0.1, -0.05) is 6.92 Å². The topological polar surface area (TPSA) is 78.8 Å². The maximum absolute atomic E-state index is 10.7. The van der Waals surface area contributed by atoms with E-state index < -0.39 is 11.5 Å². The number of alkyl carbamates (subject to hydrolysis) is 1. The van der Waals surface area contributed by atoms with E-state index >= 15 is 0 Å². The van der Waals surface area contributed by atoms with Gasteiger partial charge in [-0.15, -0.1) is 0 Å². The van der Waals surface area contributed by atoms with Crippen LogP contribution in [-0.2, 0) is 4.74 Å². The monoisotopic (exact) mass is 191 g/mol. The number of rotatable bonds is 5. The highest BCUT2D eigenvalue weighted by atomic mass is 16.5. The van der Waals surface area contributed by atoms with E-state index in [9.17, 15) is 4.79 Å². The van der Waals surface area contributed by atoms with Crippen LogP contribution in [0.1, 0.15) is 13.3 Å². The van der Waals surface area contributed by atoms with Crippen molar-refractivity contribution < 1.29 is 19.7 Å². The fourth-order valence-electron chi connectivity index (χ4n) is 0.758. The van der Waals surface area contributed by atoms with Crippen LogP contribution in [0.4, 0.5) is 4.79 Å². The molecule has 1 amide bonds. The largest absolute Gasteiger partial charge is 0.449 e. The Morgan fingerprint density at radius 3 is 2.31 bits per heavy atom. The summed E-state index contributed by atoms with van der Waals surface area (Å²) in [6.45, 7) is 1.45. The molecule has 0 bridgehead atoms. The number of nitrogens with one attached hydrogen (secondary N) is 1. The second-order valence-corrected chi connectivity index (χ2v) is 3.00. The van der Waals surface area contributed by atoms with Crippen molar-refractivity contribution in [2.24, 2.45) is 5.41 Å². The van der Waals surface area contributed by atoms with Gasteiger partial charge in [-0.05, 0) is 6.42 Å². The second-order valence-electron chi connectivity index (χ2n) is 3.00. The molecule has 0 aromatic rings. The summed E-state index contributed by atoms with van der Waals surface area (Å²) in [6.07, 6.45) is -0.00324. The maximum Gasteiger partial charge on any atom is 0.406 e.